The largest absolute Gasteiger partial charge is 0.307 e. The quantitative estimate of drug-likeness (QED) is 0.692. The zero-order valence-electron chi connectivity index (χ0n) is 8.59. The van der Waals surface area contributed by atoms with Crippen LogP contribution in [0.2, 0.25) is 0 Å². The molecule has 0 aliphatic carbocycles. The third-order valence-electron chi connectivity index (χ3n) is 2.89. The van der Waals surface area contributed by atoms with Gasteiger partial charge in [0.2, 0.25) is 0 Å². The van der Waals surface area contributed by atoms with Crippen molar-refractivity contribution < 1.29 is 0 Å². The van der Waals surface area contributed by atoms with Crippen LogP contribution in [0.1, 0.15) is 36.1 Å². The summed E-state index contributed by atoms with van der Waals surface area (Å²) in [4.78, 5) is 0. The molecule has 1 nitrogen and oxygen atoms in total. The minimum atomic E-state index is 0.606. The summed E-state index contributed by atoms with van der Waals surface area (Å²) in [7, 11) is 0. The summed E-state index contributed by atoms with van der Waals surface area (Å²) in [6.07, 6.45) is 1.28. The molecule has 1 N–H and O–H groups in total. The summed E-state index contributed by atoms with van der Waals surface area (Å²) in [6, 6.07) is 8.01. The Kier molecular flexibility index (Phi) is 2.12. The Balaban J connectivity index is 2.24. The van der Waals surface area contributed by atoms with E-state index in [2.05, 4.69) is 44.3 Å². The van der Waals surface area contributed by atoms with Crippen LogP contribution in [0, 0.1) is 13.8 Å². The molecular weight excluding hydrogens is 158 g/mol. The Hall–Kier alpha value is -0.820. The van der Waals surface area contributed by atoms with E-state index in [-0.39, 0.29) is 0 Å². The third kappa shape index (κ3) is 1.61. The van der Waals surface area contributed by atoms with Crippen LogP contribution in [0.3, 0.4) is 0 Å². The minimum Gasteiger partial charge on any atom is -0.307 e. The molecule has 1 aromatic rings. The standard InChI is InChI=1S/C12H17N/c1-8-4-5-9(2)11(6-8)12-7-10(3)13-12/h4-6,10,12-13H,7H2,1-3H3. The Labute approximate surface area is 80.2 Å². The number of nitrogens with one attached hydrogen (secondary N) is 1. The second kappa shape index (κ2) is 3.15. The lowest BCUT2D eigenvalue weighted by molar-refractivity contribution is 0.287. The number of hydrogen-bond acceptors (Lipinski definition) is 1. The molecule has 1 aliphatic heterocycles. The van der Waals surface area contributed by atoms with Gasteiger partial charge in [0.15, 0.2) is 0 Å². The van der Waals surface area contributed by atoms with E-state index in [4.69, 9.17) is 0 Å². The van der Waals surface area contributed by atoms with Crippen LogP contribution in [-0.2, 0) is 0 Å². The molecule has 0 bridgehead atoms. The molecule has 1 heteroatoms. The Bertz CT molecular complexity index is 311. The van der Waals surface area contributed by atoms with Crippen LogP contribution in [0.15, 0.2) is 18.2 Å². The first-order valence-corrected chi connectivity index (χ1v) is 5.00. The Morgan fingerprint density at radius 1 is 1.31 bits per heavy atom. The van der Waals surface area contributed by atoms with Crippen molar-refractivity contribution in [3.05, 3.63) is 34.9 Å². The molecule has 1 heterocycles. The summed E-state index contributed by atoms with van der Waals surface area (Å²) in [5.74, 6) is 0. The van der Waals surface area contributed by atoms with Crippen molar-refractivity contribution in [1.29, 1.82) is 0 Å². The van der Waals surface area contributed by atoms with E-state index in [1.807, 2.05) is 0 Å². The van der Waals surface area contributed by atoms with Crippen LogP contribution < -0.4 is 5.32 Å². The fraction of sp³-hybridized carbons (Fsp3) is 0.500. The molecule has 1 aromatic carbocycles. The monoisotopic (exact) mass is 175 g/mol. The van der Waals surface area contributed by atoms with E-state index >= 15 is 0 Å². The van der Waals surface area contributed by atoms with Gasteiger partial charge in [-0.05, 0) is 38.3 Å². The highest BCUT2D eigenvalue weighted by atomic mass is 15.0. The maximum Gasteiger partial charge on any atom is 0.0339 e. The molecule has 13 heavy (non-hydrogen) atoms. The van der Waals surface area contributed by atoms with E-state index in [9.17, 15) is 0 Å². The van der Waals surface area contributed by atoms with E-state index < -0.39 is 0 Å². The summed E-state index contributed by atoms with van der Waals surface area (Å²) in [5.41, 5.74) is 4.26. The van der Waals surface area contributed by atoms with Crippen molar-refractivity contribution in [1.82, 2.24) is 5.32 Å². The SMILES string of the molecule is Cc1ccc(C)c(C2CC(C)N2)c1. The highest BCUT2D eigenvalue weighted by Gasteiger charge is 2.26. The van der Waals surface area contributed by atoms with Crippen molar-refractivity contribution in [3.63, 3.8) is 0 Å². The van der Waals surface area contributed by atoms with Gasteiger partial charge in [0.05, 0.1) is 0 Å². The van der Waals surface area contributed by atoms with Gasteiger partial charge in [-0.3, -0.25) is 0 Å². The lowest BCUT2D eigenvalue weighted by Crippen LogP contribution is -2.44. The van der Waals surface area contributed by atoms with Gasteiger partial charge in [0, 0.05) is 12.1 Å². The van der Waals surface area contributed by atoms with Crippen LogP contribution >= 0.6 is 0 Å². The topological polar surface area (TPSA) is 12.0 Å². The van der Waals surface area contributed by atoms with E-state index in [1.54, 1.807) is 0 Å². The maximum atomic E-state index is 3.53. The summed E-state index contributed by atoms with van der Waals surface area (Å²) >= 11 is 0. The second-order valence-electron chi connectivity index (χ2n) is 4.22. The highest BCUT2D eigenvalue weighted by Crippen LogP contribution is 2.30. The number of aryl methyl sites for hydroxylation is 2. The first-order valence-electron chi connectivity index (χ1n) is 5.00. The zero-order chi connectivity index (χ0) is 9.42. The smallest absolute Gasteiger partial charge is 0.0339 e. The van der Waals surface area contributed by atoms with Crippen LogP contribution in [0.4, 0.5) is 0 Å². The van der Waals surface area contributed by atoms with Crippen molar-refractivity contribution in [2.24, 2.45) is 0 Å². The molecule has 2 rings (SSSR count). The van der Waals surface area contributed by atoms with Gasteiger partial charge in [-0.2, -0.15) is 0 Å². The van der Waals surface area contributed by atoms with Gasteiger partial charge in [0.25, 0.3) is 0 Å². The van der Waals surface area contributed by atoms with Gasteiger partial charge in [-0.15, -0.1) is 0 Å². The zero-order valence-corrected chi connectivity index (χ0v) is 8.59. The van der Waals surface area contributed by atoms with Gasteiger partial charge in [-0.1, -0.05) is 23.8 Å². The molecular formula is C12H17N. The molecule has 1 aliphatic rings. The molecule has 0 radical (unpaired) electrons. The predicted molar refractivity (Wildman–Crippen MR) is 55.9 cm³/mol. The van der Waals surface area contributed by atoms with Crippen molar-refractivity contribution in [2.75, 3.05) is 0 Å². The Morgan fingerprint density at radius 3 is 2.62 bits per heavy atom. The second-order valence-corrected chi connectivity index (χ2v) is 4.22. The first-order chi connectivity index (χ1) is 6.16. The van der Waals surface area contributed by atoms with Crippen molar-refractivity contribution in [2.45, 2.75) is 39.3 Å². The fourth-order valence-corrected chi connectivity index (χ4v) is 2.02. The van der Waals surface area contributed by atoms with Crippen LogP contribution in [-0.4, -0.2) is 6.04 Å². The molecule has 70 valence electrons. The normalized spacial score (nSPS) is 27.0. The average Bonchev–Trinajstić information content (AvgIpc) is 2.04. The number of benzene rings is 1. The molecule has 0 amide bonds. The minimum absolute atomic E-state index is 0.606. The van der Waals surface area contributed by atoms with Gasteiger partial charge in [-0.25, -0.2) is 0 Å². The molecule has 0 spiro atoms. The van der Waals surface area contributed by atoms with Crippen LogP contribution in [0.25, 0.3) is 0 Å². The summed E-state index contributed by atoms with van der Waals surface area (Å²) in [6.45, 7) is 6.59. The van der Waals surface area contributed by atoms with Crippen molar-refractivity contribution in [3.8, 4) is 0 Å². The maximum absolute atomic E-state index is 3.53. The lowest BCUT2D eigenvalue weighted by Gasteiger charge is -2.36. The lowest BCUT2D eigenvalue weighted by atomic mass is 9.88. The summed E-state index contributed by atoms with van der Waals surface area (Å²) < 4.78 is 0. The van der Waals surface area contributed by atoms with Gasteiger partial charge in [0.1, 0.15) is 0 Å². The van der Waals surface area contributed by atoms with E-state index in [1.165, 1.54) is 23.1 Å². The van der Waals surface area contributed by atoms with Crippen LogP contribution in [0.5, 0.6) is 0 Å². The predicted octanol–water partition coefficient (Wildman–Crippen LogP) is 2.73. The molecule has 0 saturated carbocycles. The summed E-state index contributed by atoms with van der Waals surface area (Å²) in [5, 5.41) is 3.53. The fourth-order valence-electron chi connectivity index (χ4n) is 2.02. The molecule has 2 atom stereocenters. The molecule has 2 unspecified atom stereocenters. The highest BCUT2D eigenvalue weighted by molar-refractivity contribution is 5.34. The molecule has 0 aromatic heterocycles. The number of rotatable bonds is 1. The van der Waals surface area contributed by atoms with Gasteiger partial charge < -0.3 is 5.32 Å². The van der Waals surface area contributed by atoms with E-state index in [0.29, 0.717) is 12.1 Å². The Morgan fingerprint density at radius 2 is 2.00 bits per heavy atom. The third-order valence-corrected chi connectivity index (χ3v) is 2.89. The first kappa shape index (κ1) is 8.76. The van der Waals surface area contributed by atoms with E-state index in [0.717, 1.165) is 0 Å². The van der Waals surface area contributed by atoms with Crippen molar-refractivity contribution >= 4 is 0 Å². The number of hydrogen-bond donors (Lipinski definition) is 1. The molecule has 1 fully saturated rings. The average molecular weight is 175 g/mol. The van der Waals surface area contributed by atoms with Gasteiger partial charge >= 0.3 is 0 Å². The molecule has 1 saturated heterocycles.